The van der Waals surface area contributed by atoms with Crippen LogP contribution < -0.4 is 14.8 Å². The van der Waals surface area contributed by atoms with Crippen LogP contribution >= 0.6 is 11.6 Å². The van der Waals surface area contributed by atoms with Crippen LogP contribution in [0.4, 0.5) is 5.69 Å². The largest absolute Gasteiger partial charge is 0.493 e. The fraction of sp³-hybridized carbons (Fsp3) is 0.235. The van der Waals surface area contributed by atoms with E-state index in [2.05, 4.69) is 5.32 Å². The SMILES string of the molecule is COc1ccc(CC(=O)Nc2cccc(Cl)c2C)cc1OC. The van der Waals surface area contributed by atoms with Crippen LogP contribution in [0.1, 0.15) is 11.1 Å². The molecule has 0 spiro atoms. The van der Waals surface area contributed by atoms with Gasteiger partial charge in [-0.2, -0.15) is 0 Å². The fourth-order valence-corrected chi connectivity index (χ4v) is 2.29. The summed E-state index contributed by atoms with van der Waals surface area (Å²) >= 11 is 6.05. The Hall–Kier alpha value is -2.20. The van der Waals surface area contributed by atoms with Crippen molar-refractivity contribution < 1.29 is 14.3 Å². The van der Waals surface area contributed by atoms with Gasteiger partial charge in [-0.1, -0.05) is 23.7 Å². The van der Waals surface area contributed by atoms with Crippen molar-refractivity contribution in [3.8, 4) is 11.5 Å². The lowest BCUT2D eigenvalue weighted by atomic mass is 10.1. The number of anilines is 1. The molecule has 4 nitrogen and oxygen atoms in total. The molecule has 0 heterocycles. The van der Waals surface area contributed by atoms with E-state index in [4.69, 9.17) is 21.1 Å². The number of ether oxygens (including phenoxy) is 2. The molecular formula is C17H18ClNO3. The monoisotopic (exact) mass is 319 g/mol. The molecule has 2 aromatic carbocycles. The van der Waals surface area contributed by atoms with E-state index in [1.54, 1.807) is 38.5 Å². The number of carbonyl (C=O) groups is 1. The third-order valence-corrected chi connectivity index (χ3v) is 3.76. The zero-order valence-electron chi connectivity index (χ0n) is 12.8. The summed E-state index contributed by atoms with van der Waals surface area (Å²) < 4.78 is 10.4. The highest BCUT2D eigenvalue weighted by molar-refractivity contribution is 6.31. The van der Waals surface area contributed by atoms with Crippen molar-refractivity contribution in [2.24, 2.45) is 0 Å². The molecule has 0 radical (unpaired) electrons. The zero-order chi connectivity index (χ0) is 16.1. The van der Waals surface area contributed by atoms with Crippen LogP contribution in [-0.4, -0.2) is 20.1 Å². The first-order valence-corrected chi connectivity index (χ1v) is 7.18. The van der Waals surface area contributed by atoms with Gasteiger partial charge < -0.3 is 14.8 Å². The van der Waals surface area contributed by atoms with E-state index >= 15 is 0 Å². The molecule has 116 valence electrons. The number of carbonyl (C=O) groups excluding carboxylic acids is 1. The number of rotatable bonds is 5. The number of benzene rings is 2. The molecule has 0 aliphatic heterocycles. The molecule has 0 aromatic heterocycles. The number of hydrogen-bond donors (Lipinski definition) is 1. The van der Waals surface area contributed by atoms with Crippen molar-refractivity contribution in [2.75, 3.05) is 19.5 Å². The minimum Gasteiger partial charge on any atom is -0.493 e. The van der Waals surface area contributed by atoms with Gasteiger partial charge in [0.1, 0.15) is 0 Å². The van der Waals surface area contributed by atoms with Crippen molar-refractivity contribution in [2.45, 2.75) is 13.3 Å². The second-order valence-electron chi connectivity index (χ2n) is 4.83. The number of nitrogens with one attached hydrogen (secondary N) is 1. The van der Waals surface area contributed by atoms with Gasteiger partial charge in [0.05, 0.1) is 20.6 Å². The molecule has 0 saturated carbocycles. The summed E-state index contributed by atoms with van der Waals surface area (Å²) in [5, 5.41) is 3.50. The van der Waals surface area contributed by atoms with Crippen molar-refractivity contribution in [1.29, 1.82) is 0 Å². The highest BCUT2D eigenvalue weighted by atomic mass is 35.5. The second kappa shape index (κ2) is 7.18. The number of methoxy groups -OCH3 is 2. The maximum absolute atomic E-state index is 12.2. The van der Waals surface area contributed by atoms with E-state index in [0.717, 1.165) is 16.8 Å². The summed E-state index contributed by atoms with van der Waals surface area (Å²) in [6, 6.07) is 10.8. The lowest BCUT2D eigenvalue weighted by Gasteiger charge is -2.11. The predicted molar refractivity (Wildman–Crippen MR) is 88.1 cm³/mol. The summed E-state index contributed by atoms with van der Waals surface area (Å²) in [6.07, 6.45) is 0.242. The Morgan fingerprint density at radius 3 is 2.55 bits per heavy atom. The quantitative estimate of drug-likeness (QED) is 0.910. The van der Waals surface area contributed by atoms with Gasteiger partial charge in [-0.15, -0.1) is 0 Å². The van der Waals surface area contributed by atoms with Gasteiger partial charge in [0.25, 0.3) is 0 Å². The molecule has 0 unspecified atom stereocenters. The first kappa shape index (κ1) is 16.2. The van der Waals surface area contributed by atoms with Crippen molar-refractivity contribution in [3.05, 3.63) is 52.5 Å². The van der Waals surface area contributed by atoms with Crippen molar-refractivity contribution in [1.82, 2.24) is 0 Å². The van der Waals surface area contributed by atoms with E-state index in [9.17, 15) is 4.79 Å². The lowest BCUT2D eigenvalue weighted by Crippen LogP contribution is -2.15. The highest BCUT2D eigenvalue weighted by Gasteiger charge is 2.10. The molecule has 0 bridgehead atoms. The van der Waals surface area contributed by atoms with E-state index in [1.165, 1.54) is 0 Å². The first-order valence-electron chi connectivity index (χ1n) is 6.81. The van der Waals surface area contributed by atoms with Crippen molar-refractivity contribution in [3.63, 3.8) is 0 Å². The van der Waals surface area contributed by atoms with Gasteiger partial charge in [0, 0.05) is 10.7 Å². The van der Waals surface area contributed by atoms with Gasteiger partial charge in [0.15, 0.2) is 11.5 Å². The van der Waals surface area contributed by atoms with E-state index in [1.807, 2.05) is 19.1 Å². The molecule has 2 rings (SSSR count). The van der Waals surface area contributed by atoms with Gasteiger partial charge in [-0.05, 0) is 42.3 Å². The van der Waals surface area contributed by atoms with Crippen LogP contribution in [0.15, 0.2) is 36.4 Å². The first-order chi connectivity index (χ1) is 10.5. The van der Waals surface area contributed by atoms with Crippen LogP contribution in [0, 0.1) is 6.92 Å². The Bertz CT molecular complexity index is 686. The molecule has 22 heavy (non-hydrogen) atoms. The maximum Gasteiger partial charge on any atom is 0.228 e. The Kier molecular flexibility index (Phi) is 5.28. The van der Waals surface area contributed by atoms with E-state index < -0.39 is 0 Å². The molecule has 5 heteroatoms. The number of hydrogen-bond acceptors (Lipinski definition) is 3. The highest BCUT2D eigenvalue weighted by Crippen LogP contribution is 2.28. The predicted octanol–water partition coefficient (Wildman–Crippen LogP) is 3.85. The number of halogens is 1. The third-order valence-electron chi connectivity index (χ3n) is 3.35. The Balaban J connectivity index is 2.10. The Labute approximate surface area is 135 Å². The summed E-state index contributed by atoms with van der Waals surface area (Å²) in [7, 11) is 3.14. The third kappa shape index (κ3) is 3.71. The minimum atomic E-state index is -0.113. The number of amides is 1. The molecule has 2 aromatic rings. The summed E-state index contributed by atoms with van der Waals surface area (Å²) in [6.45, 7) is 1.87. The van der Waals surface area contributed by atoms with Crippen LogP contribution in [0.3, 0.4) is 0 Å². The normalized spacial score (nSPS) is 10.2. The van der Waals surface area contributed by atoms with Crippen LogP contribution in [0.5, 0.6) is 11.5 Å². The minimum absolute atomic E-state index is 0.113. The van der Waals surface area contributed by atoms with Crippen LogP contribution in [0.2, 0.25) is 5.02 Å². The average Bonchev–Trinajstić information content (AvgIpc) is 2.51. The Morgan fingerprint density at radius 1 is 1.14 bits per heavy atom. The smallest absolute Gasteiger partial charge is 0.228 e. The van der Waals surface area contributed by atoms with Crippen LogP contribution in [-0.2, 0) is 11.2 Å². The topological polar surface area (TPSA) is 47.6 Å². The van der Waals surface area contributed by atoms with Gasteiger partial charge in [0.2, 0.25) is 5.91 Å². The summed E-state index contributed by atoms with van der Waals surface area (Å²) in [5.41, 5.74) is 2.41. The van der Waals surface area contributed by atoms with Gasteiger partial charge in [-0.3, -0.25) is 4.79 Å². The van der Waals surface area contributed by atoms with Gasteiger partial charge >= 0.3 is 0 Å². The summed E-state index contributed by atoms with van der Waals surface area (Å²) in [5.74, 6) is 1.13. The standard InChI is InChI=1S/C17H18ClNO3/c1-11-13(18)5-4-6-14(11)19-17(20)10-12-7-8-15(21-2)16(9-12)22-3/h4-9H,10H2,1-3H3,(H,19,20). The Morgan fingerprint density at radius 2 is 1.86 bits per heavy atom. The van der Waals surface area contributed by atoms with Crippen LogP contribution in [0.25, 0.3) is 0 Å². The molecule has 0 aliphatic carbocycles. The van der Waals surface area contributed by atoms with Gasteiger partial charge in [-0.25, -0.2) is 0 Å². The molecule has 0 aliphatic rings. The molecule has 0 atom stereocenters. The summed E-state index contributed by atoms with van der Waals surface area (Å²) in [4.78, 5) is 12.2. The lowest BCUT2D eigenvalue weighted by molar-refractivity contribution is -0.115. The molecule has 0 saturated heterocycles. The molecule has 1 N–H and O–H groups in total. The fourth-order valence-electron chi connectivity index (χ4n) is 2.11. The zero-order valence-corrected chi connectivity index (χ0v) is 13.5. The second-order valence-corrected chi connectivity index (χ2v) is 5.23. The van der Waals surface area contributed by atoms with E-state index in [0.29, 0.717) is 16.5 Å². The van der Waals surface area contributed by atoms with E-state index in [-0.39, 0.29) is 12.3 Å². The molecular weight excluding hydrogens is 302 g/mol. The maximum atomic E-state index is 12.2. The molecule has 1 amide bonds. The molecule has 0 fully saturated rings. The average molecular weight is 320 g/mol. The van der Waals surface area contributed by atoms with Crippen molar-refractivity contribution >= 4 is 23.2 Å².